The quantitative estimate of drug-likeness (QED) is 0.0843. The minimum atomic E-state index is -2.02. The molecule has 0 spiro atoms. The van der Waals surface area contributed by atoms with Crippen LogP contribution in [0.2, 0.25) is 55.4 Å². The number of carboxylic acids is 1. The summed E-state index contributed by atoms with van der Waals surface area (Å²) in [5, 5.41) is 9.34. The lowest BCUT2D eigenvalue weighted by Crippen LogP contribution is -2.45. The van der Waals surface area contributed by atoms with Crippen LogP contribution in [-0.2, 0) is 18.1 Å². The van der Waals surface area contributed by atoms with Crippen LogP contribution in [0.3, 0.4) is 0 Å². The second-order valence-electron chi connectivity index (χ2n) is 17.0. The SMILES string of the molecule is CCCCCC(C=C[C@@H]1[C@@H](CC=CCCCC(=O)O)[C@@H](O[Si](C)(C)CC)C[C@H]1O[Si](C)(C)C(C)(C)C)O[Si](C)(C)C(C)(C)C. The highest BCUT2D eigenvalue weighted by Crippen LogP contribution is 2.46. The summed E-state index contributed by atoms with van der Waals surface area (Å²) < 4.78 is 21.3. The van der Waals surface area contributed by atoms with E-state index in [1.54, 1.807) is 0 Å². The monoisotopic (exact) mass is 668 g/mol. The maximum atomic E-state index is 11.0. The van der Waals surface area contributed by atoms with Gasteiger partial charge in [0.2, 0.25) is 0 Å². The molecule has 0 radical (unpaired) electrons. The van der Waals surface area contributed by atoms with Crippen LogP contribution in [0.5, 0.6) is 0 Å². The molecule has 44 heavy (non-hydrogen) atoms. The minimum absolute atomic E-state index is 0.115. The van der Waals surface area contributed by atoms with Crippen molar-refractivity contribution in [2.75, 3.05) is 0 Å². The fourth-order valence-electron chi connectivity index (χ4n) is 5.31. The van der Waals surface area contributed by atoms with Crippen molar-refractivity contribution in [2.45, 2.75) is 187 Å². The standard InChI is InChI=1S/C36H72O5Si3/c1-15-17-20-23-29(39-43(11,12)35(3,4)5)26-27-31-30(24-21-18-19-22-25-34(37)38)32(40-42(9,10)16-2)28-33(31)41-44(13,14)36(6,7)8/h18,21,26-27,29-33H,15-17,19-20,22-25,28H2,1-14H3,(H,37,38)/t29?,30-,31-,32+,33-/m1/s1. The van der Waals surface area contributed by atoms with E-state index in [-0.39, 0.29) is 40.7 Å². The smallest absolute Gasteiger partial charge is 0.303 e. The third kappa shape index (κ3) is 13.7. The van der Waals surface area contributed by atoms with Crippen LogP contribution in [0.15, 0.2) is 24.3 Å². The van der Waals surface area contributed by atoms with Crippen LogP contribution in [0.25, 0.3) is 0 Å². The van der Waals surface area contributed by atoms with Crippen LogP contribution in [0.4, 0.5) is 0 Å². The molecule has 1 fully saturated rings. The predicted molar refractivity (Wildman–Crippen MR) is 197 cm³/mol. The fourth-order valence-corrected chi connectivity index (χ4v) is 9.24. The van der Waals surface area contributed by atoms with E-state index in [0.717, 1.165) is 31.7 Å². The molecule has 5 atom stereocenters. The van der Waals surface area contributed by atoms with Crippen LogP contribution in [0.1, 0.15) is 113 Å². The molecule has 0 aromatic rings. The molecule has 0 amide bonds. The van der Waals surface area contributed by atoms with E-state index >= 15 is 0 Å². The summed E-state index contributed by atoms with van der Waals surface area (Å²) in [5.41, 5.74) is 0. The van der Waals surface area contributed by atoms with E-state index in [1.165, 1.54) is 19.3 Å². The van der Waals surface area contributed by atoms with E-state index in [2.05, 4.69) is 119 Å². The molecule has 1 unspecified atom stereocenters. The molecule has 1 aliphatic rings. The highest BCUT2D eigenvalue weighted by molar-refractivity contribution is 6.74. The number of hydrogen-bond acceptors (Lipinski definition) is 4. The largest absolute Gasteiger partial charge is 0.481 e. The summed E-state index contributed by atoms with van der Waals surface area (Å²) in [6.07, 6.45) is 17.9. The van der Waals surface area contributed by atoms with Crippen molar-refractivity contribution < 1.29 is 23.2 Å². The average Bonchev–Trinajstić information content (AvgIpc) is 3.16. The van der Waals surface area contributed by atoms with Gasteiger partial charge in [-0.25, -0.2) is 0 Å². The first-order valence-corrected chi connectivity index (χ1v) is 26.6. The number of carbonyl (C=O) groups is 1. The van der Waals surface area contributed by atoms with Gasteiger partial charge in [-0.15, -0.1) is 0 Å². The van der Waals surface area contributed by atoms with Crippen molar-refractivity contribution >= 4 is 30.9 Å². The molecule has 0 aliphatic heterocycles. The molecule has 258 valence electrons. The van der Waals surface area contributed by atoms with Gasteiger partial charge in [-0.1, -0.05) is 99.0 Å². The Morgan fingerprint density at radius 1 is 0.864 bits per heavy atom. The van der Waals surface area contributed by atoms with Gasteiger partial charge in [-0.2, -0.15) is 0 Å². The van der Waals surface area contributed by atoms with Gasteiger partial charge in [0, 0.05) is 12.3 Å². The van der Waals surface area contributed by atoms with Gasteiger partial charge in [0.15, 0.2) is 25.0 Å². The third-order valence-electron chi connectivity index (χ3n) is 10.7. The van der Waals surface area contributed by atoms with Gasteiger partial charge in [0.25, 0.3) is 0 Å². The Labute approximate surface area is 276 Å². The zero-order chi connectivity index (χ0) is 34.0. The Morgan fingerprint density at radius 3 is 2.00 bits per heavy atom. The highest BCUT2D eigenvalue weighted by atomic mass is 28.4. The summed E-state index contributed by atoms with van der Waals surface area (Å²) in [6.45, 7) is 32.7. The van der Waals surface area contributed by atoms with Crippen molar-refractivity contribution in [1.29, 1.82) is 0 Å². The van der Waals surface area contributed by atoms with Gasteiger partial charge in [-0.3, -0.25) is 4.79 Å². The molecule has 1 aliphatic carbocycles. The summed E-state index contributed by atoms with van der Waals surface area (Å²) in [7, 11) is -5.77. The number of hydrogen-bond donors (Lipinski definition) is 1. The molecular formula is C36H72O5Si3. The number of aliphatic carboxylic acids is 1. The molecule has 0 aromatic heterocycles. The molecular weight excluding hydrogens is 597 g/mol. The predicted octanol–water partition coefficient (Wildman–Crippen LogP) is 11.4. The molecule has 0 saturated heterocycles. The lowest BCUT2D eigenvalue weighted by molar-refractivity contribution is -0.137. The third-order valence-corrected chi connectivity index (χ3v) is 22.3. The molecule has 0 aromatic carbocycles. The summed E-state index contributed by atoms with van der Waals surface area (Å²) in [6, 6.07) is 1.09. The highest BCUT2D eigenvalue weighted by Gasteiger charge is 2.49. The van der Waals surface area contributed by atoms with Gasteiger partial charge < -0.3 is 18.4 Å². The summed E-state index contributed by atoms with van der Waals surface area (Å²) >= 11 is 0. The molecule has 0 bridgehead atoms. The Hall–Kier alpha value is -0.519. The molecule has 8 heteroatoms. The van der Waals surface area contributed by atoms with Gasteiger partial charge in [0.05, 0.1) is 18.3 Å². The van der Waals surface area contributed by atoms with E-state index in [1.807, 2.05) is 0 Å². The number of unbranched alkanes of at least 4 members (excludes halogenated alkanes) is 3. The molecule has 1 rings (SSSR count). The molecule has 0 heterocycles. The van der Waals surface area contributed by atoms with Crippen LogP contribution in [-0.4, -0.2) is 54.3 Å². The second kappa shape index (κ2) is 17.6. The Balaban J connectivity index is 3.51. The van der Waals surface area contributed by atoms with Gasteiger partial charge in [0.1, 0.15) is 0 Å². The van der Waals surface area contributed by atoms with E-state index in [9.17, 15) is 4.79 Å². The first-order chi connectivity index (χ1) is 20.1. The zero-order valence-corrected chi connectivity index (χ0v) is 34.3. The molecule has 5 nitrogen and oxygen atoms in total. The maximum Gasteiger partial charge on any atom is 0.303 e. The van der Waals surface area contributed by atoms with Crippen molar-refractivity contribution in [3.63, 3.8) is 0 Å². The minimum Gasteiger partial charge on any atom is -0.481 e. The fraction of sp³-hybridized carbons (Fsp3) is 0.861. The maximum absolute atomic E-state index is 11.0. The summed E-state index contributed by atoms with van der Waals surface area (Å²) in [4.78, 5) is 11.0. The Bertz CT molecular complexity index is 914. The molecule has 1 saturated carbocycles. The Morgan fingerprint density at radius 2 is 1.48 bits per heavy atom. The van der Waals surface area contributed by atoms with Crippen LogP contribution < -0.4 is 0 Å². The van der Waals surface area contributed by atoms with Crippen molar-refractivity contribution in [3.8, 4) is 0 Å². The number of carboxylic acid groups (broad SMARTS) is 1. The lowest BCUT2D eigenvalue weighted by atomic mass is 9.89. The van der Waals surface area contributed by atoms with Gasteiger partial charge >= 0.3 is 5.97 Å². The van der Waals surface area contributed by atoms with Crippen LogP contribution >= 0.6 is 0 Å². The summed E-state index contributed by atoms with van der Waals surface area (Å²) in [5.74, 6) is -0.158. The lowest BCUT2D eigenvalue weighted by Gasteiger charge is -2.40. The zero-order valence-electron chi connectivity index (χ0n) is 31.3. The number of rotatable bonds is 19. The first-order valence-electron chi connectivity index (χ1n) is 17.7. The van der Waals surface area contributed by atoms with Gasteiger partial charge in [-0.05, 0) is 93.4 Å². The van der Waals surface area contributed by atoms with Crippen molar-refractivity contribution in [1.82, 2.24) is 0 Å². The van der Waals surface area contributed by atoms with E-state index in [0.29, 0.717) is 12.3 Å². The van der Waals surface area contributed by atoms with E-state index in [4.69, 9.17) is 18.4 Å². The average molecular weight is 669 g/mol. The van der Waals surface area contributed by atoms with Crippen LogP contribution in [0, 0.1) is 11.8 Å². The Kier molecular flexibility index (Phi) is 16.6. The van der Waals surface area contributed by atoms with Crippen molar-refractivity contribution in [3.05, 3.63) is 24.3 Å². The topological polar surface area (TPSA) is 65.0 Å². The second-order valence-corrected chi connectivity index (χ2v) is 30.9. The number of allylic oxidation sites excluding steroid dienone is 2. The first kappa shape index (κ1) is 41.5. The normalized spacial score (nSPS) is 23.2. The van der Waals surface area contributed by atoms with E-state index < -0.39 is 30.9 Å². The molecule has 1 N–H and O–H groups in total. The van der Waals surface area contributed by atoms with Crippen molar-refractivity contribution in [2.24, 2.45) is 11.8 Å².